The number of rotatable bonds is 4. The molecule has 0 fully saturated rings. The van der Waals surface area contributed by atoms with E-state index >= 15 is 0 Å². The van der Waals surface area contributed by atoms with Gasteiger partial charge >= 0.3 is 12.1 Å². The molecule has 0 saturated carbocycles. The fourth-order valence-electron chi connectivity index (χ4n) is 4.39. The summed E-state index contributed by atoms with van der Waals surface area (Å²) < 4.78 is 59.3. The minimum absolute atomic E-state index is 0.00497. The van der Waals surface area contributed by atoms with E-state index in [1.54, 1.807) is 36.4 Å². The van der Waals surface area contributed by atoms with Crippen molar-refractivity contribution in [3.8, 4) is 5.82 Å². The molecule has 1 aliphatic heterocycles. The Bertz CT molecular complexity index is 1660. The molecule has 37 heavy (non-hydrogen) atoms. The Labute approximate surface area is 205 Å². The van der Waals surface area contributed by atoms with Gasteiger partial charge in [-0.3, -0.25) is 9.88 Å². The van der Waals surface area contributed by atoms with Gasteiger partial charge in [-0.1, -0.05) is 12.1 Å². The number of aromatic amines is 1. The van der Waals surface area contributed by atoms with Crippen molar-refractivity contribution in [2.45, 2.75) is 18.8 Å². The van der Waals surface area contributed by atoms with Crippen molar-refractivity contribution >= 4 is 39.5 Å². The molecule has 9 nitrogen and oxygen atoms in total. The Morgan fingerprint density at radius 1 is 1.16 bits per heavy atom. The Balaban J connectivity index is 1.34. The first kappa shape index (κ1) is 22.9. The fourth-order valence-corrected chi connectivity index (χ4v) is 4.39. The van der Waals surface area contributed by atoms with Crippen LogP contribution >= 0.6 is 0 Å². The number of alkyl halides is 3. The predicted octanol–water partition coefficient (Wildman–Crippen LogP) is 4.43. The molecule has 0 saturated heterocycles. The van der Waals surface area contributed by atoms with E-state index in [1.165, 1.54) is 10.9 Å². The summed E-state index contributed by atoms with van der Waals surface area (Å²) in [6.45, 7) is 0.329. The smallest absolute Gasteiger partial charge is 0.435 e. The van der Waals surface area contributed by atoms with Gasteiger partial charge in [0.25, 0.3) is 0 Å². The van der Waals surface area contributed by atoms with Gasteiger partial charge in [0.05, 0.1) is 17.2 Å². The van der Waals surface area contributed by atoms with Gasteiger partial charge in [-0.15, -0.1) is 0 Å². The number of imidazole rings is 1. The van der Waals surface area contributed by atoms with Crippen LogP contribution in [0.4, 0.5) is 29.2 Å². The van der Waals surface area contributed by atoms with Crippen LogP contribution in [0.3, 0.4) is 0 Å². The Morgan fingerprint density at radius 2 is 2.00 bits per heavy atom. The van der Waals surface area contributed by atoms with Crippen LogP contribution in [0.15, 0.2) is 55.0 Å². The quantitative estimate of drug-likeness (QED) is 0.242. The number of nitrogens with zero attached hydrogens (tertiary/aromatic N) is 4. The van der Waals surface area contributed by atoms with E-state index in [2.05, 4.69) is 30.6 Å². The Morgan fingerprint density at radius 3 is 2.84 bits per heavy atom. The molecule has 3 aromatic heterocycles. The molecule has 188 valence electrons. The molecule has 0 aliphatic carbocycles. The highest BCUT2D eigenvalue weighted by Gasteiger charge is 2.43. The number of carbonyl (C=O) groups is 1. The molecule has 1 unspecified atom stereocenters. The second kappa shape index (κ2) is 8.55. The SMILES string of the molecule is O=C(OC1NCCc2[nH]c3ccc(Nc4ncc(F)c(-n5cnc6ccccc65)n4)cc3c21)C(F)(F)F. The van der Waals surface area contributed by atoms with Crippen LogP contribution in [0.2, 0.25) is 0 Å². The molecule has 1 atom stereocenters. The number of esters is 1. The summed E-state index contributed by atoms with van der Waals surface area (Å²) in [5, 5.41) is 6.37. The van der Waals surface area contributed by atoms with E-state index in [4.69, 9.17) is 4.74 Å². The molecule has 3 N–H and O–H groups in total. The number of para-hydroxylation sites is 2. The lowest BCUT2D eigenvalue weighted by atomic mass is 10.0. The summed E-state index contributed by atoms with van der Waals surface area (Å²) in [5.41, 5.74) is 3.56. The van der Waals surface area contributed by atoms with Crippen LogP contribution in [0.5, 0.6) is 0 Å². The second-order valence-electron chi connectivity index (χ2n) is 8.36. The number of carbonyl (C=O) groups excluding carboxylic acids is 1. The normalized spacial score (nSPS) is 15.6. The van der Waals surface area contributed by atoms with E-state index in [9.17, 15) is 22.4 Å². The molecule has 2 aromatic carbocycles. The number of nitrogens with one attached hydrogen (secondary N) is 3. The van der Waals surface area contributed by atoms with Crippen molar-refractivity contribution in [2.24, 2.45) is 0 Å². The molecule has 4 heterocycles. The van der Waals surface area contributed by atoms with Gasteiger partial charge in [0.1, 0.15) is 6.33 Å². The summed E-state index contributed by atoms with van der Waals surface area (Å²) in [7, 11) is 0. The summed E-state index contributed by atoms with van der Waals surface area (Å²) >= 11 is 0. The van der Waals surface area contributed by atoms with Gasteiger partial charge in [-0.05, 0) is 30.3 Å². The van der Waals surface area contributed by atoms with E-state index in [1.807, 2.05) is 6.07 Å². The molecule has 0 spiro atoms. The third kappa shape index (κ3) is 4.12. The summed E-state index contributed by atoms with van der Waals surface area (Å²) in [6, 6.07) is 12.3. The molecule has 5 aromatic rings. The molecular weight excluding hydrogens is 494 g/mol. The maximum absolute atomic E-state index is 14.7. The molecule has 0 bridgehead atoms. The van der Waals surface area contributed by atoms with E-state index in [-0.39, 0.29) is 11.8 Å². The van der Waals surface area contributed by atoms with Gasteiger partial charge in [-0.25, -0.2) is 19.2 Å². The van der Waals surface area contributed by atoms with Crippen molar-refractivity contribution in [1.82, 2.24) is 29.8 Å². The lowest BCUT2D eigenvalue weighted by Gasteiger charge is -2.25. The number of benzene rings is 2. The number of hydrogen-bond donors (Lipinski definition) is 3. The lowest BCUT2D eigenvalue weighted by Crippen LogP contribution is -2.36. The predicted molar refractivity (Wildman–Crippen MR) is 125 cm³/mol. The van der Waals surface area contributed by atoms with Crippen molar-refractivity contribution in [2.75, 3.05) is 11.9 Å². The number of anilines is 2. The number of aromatic nitrogens is 5. The van der Waals surface area contributed by atoms with Crippen molar-refractivity contribution < 1.29 is 27.1 Å². The van der Waals surface area contributed by atoms with Crippen LogP contribution in [-0.2, 0) is 16.0 Å². The average molecular weight is 511 g/mol. The zero-order chi connectivity index (χ0) is 25.7. The van der Waals surface area contributed by atoms with E-state index in [0.29, 0.717) is 51.8 Å². The molecule has 6 rings (SSSR count). The van der Waals surface area contributed by atoms with Crippen LogP contribution in [-0.4, -0.2) is 43.2 Å². The summed E-state index contributed by atoms with van der Waals surface area (Å²) in [4.78, 5) is 27.2. The number of H-pyrrole nitrogens is 1. The lowest BCUT2D eigenvalue weighted by molar-refractivity contribution is -0.207. The molecule has 1 aliphatic rings. The topological polar surface area (TPSA) is 110 Å². The summed E-state index contributed by atoms with van der Waals surface area (Å²) in [5.74, 6) is -2.84. The number of halogens is 4. The maximum atomic E-state index is 14.7. The third-order valence-electron chi connectivity index (χ3n) is 6.01. The number of fused-ring (bicyclic) bond motifs is 4. The minimum atomic E-state index is -5.11. The van der Waals surface area contributed by atoms with Crippen molar-refractivity contribution in [3.05, 3.63) is 72.1 Å². The van der Waals surface area contributed by atoms with Gasteiger partial charge in [0, 0.05) is 40.8 Å². The largest absolute Gasteiger partial charge is 0.490 e. The zero-order valence-electron chi connectivity index (χ0n) is 18.8. The number of hydrogen-bond acceptors (Lipinski definition) is 7. The minimum Gasteiger partial charge on any atom is -0.435 e. The highest BCUT2D eigenvalue weighted by Crippen LogP contribution is 2.35. The van der Waals surface area contributed by atoms with Gasteiger partial charge in [0.2, 0.25) is 5.95 Å². The van der Waals surface area contributed by atoms with Crippen molar-refractivity contribution in [3.63, 3.8) is 0 Å². The summed E-state index contributed by atoms with van der Waals surface area (Å²) in [6.07, 6.45) is -3.38. The van der Waals surface area contributed by atoms with Gasteiger partial charge in [0.15, 0.2) is 17.9 Å². The van der Waals surface area contributed by atoms with Crippen LogP contribution in [0.25, 0.3) is 27.8 Å². The third-order valence-corrected chi connectivity index (χ3v) is 6.01. The van der Waals surface area contributed by atoms with Crippen LogP contribution in [0, 0.1) is 5.82 Å². The van der Waals surface area contributed by atoms with Crippen LogP contribution < -0.4 is 10.6 Å². The number of ether oxygens (including phenoxy) is 1. The highest BCUT2D eigenvalue weighted by molar-refractivity contribution is 5.89. The van der Waals surface area contributed by atoms with Crippen molar-refractivity contribution in [1.29, 1.82) is 0 Å². The molecule has 0 amide bonds. The fraction of sp³-hybridized carbons (Fsp3) is 0.167. The van der Waals surface area contributed by atoms with E-state index < -0.39 is 24.2 Å². The Kier molecular flexibility index (Phi) is 5.30. The van der Waals surface area contributed by atoms with E-state index in [0.717, 1.165) is 6.20 Å². The molecular formula is C24H17F4N7O2. The average Bonchev–Trinajstić information content (AvgIpc) is 3.46. The zero-order valence-corrected chi connectivity index (χ0v) is 18.8. The van der Waals surface area contributed by atoms with Gasteiger partial charge < -0.3 is 15.0 Å². The molecule has 13 heteroatoms. The monoisotopic (exact) mass is 511 g/mol. The van der Waals surface area contributed by atoms with Crippen LogP contribution in [0.1, 0.15) is 17.5 Å². The standard InChI is InChI=1S/C24H17F4N7O2/c25-14-10-30-23(34-20(14)35-11-31-16-3-1-2-4-18(16)35)32-12-5-6-15-13(9-12)19-17(33-15)7-8-29-21(19)37-22(36)24(26,27)28/h1-6,9-11,21,29,33H,7-8H2,(H,30,32,34). The molecule has 0 radical (unpaired) electrons. The first-order valence-corrected chi connectivity index (χ1v) is 11.2. The first-order valence-electron chi connectivity index (χ1n) is 11.2. The second-order valence-corrected chi connectivity index (χ2v) is 8.36. The van der Waals surface area contributed by atoms with Gasteiger partial charge in [-0.2, -0.15) is 18.2 Å². The highest BCUT2D eigenvalue weighted by atomic mass is 19.4. The first-order chi connectivity index (χ1) is 17.8. The maximum Gasteiger partial charge on any atom is 0.490 e. The Hall–Kier alpha value is -4.52.